The molecule has 66 valence electrons. The van der Waals surface area contributed by atoms with Crippen molar-refractivity contribution in [1.29, 1.82) is 0 Å². The normalized spacial score (nSPS) is 16.8. The maximum absolute atomic E-state index is 5.64. The first-order valence-electron chi connectivity index (χ1n) is 4.21. The summed E-state index contributed by atoms with van der Waals surface area (Å²) >= 11 is 5.64. The Kier molecular flexibility index (Phi) is 2.26. The van der Waals surface area contributed by atoms with Gasteiger partial charge in [0.05, 0.1) is 5.88 Å². The molecule has 5 heteroatoms. The van der Waals surface area contributed by atoms with Crippen LogP contribution < -0.4 is 0 Å². The van der Waals surface area contributed by atoms with Crippen molar-refractivity contribution in [3.05, 3.63) is 5.82 Å². The first kappa shape index (κ1) is 7.98. The van der Waals surface area contributed by atoms with Crippen molar-refractivity contribution in [3.63, 3.8) is 0 Å². The van der Waals surface area contributed by atoms with Crippen molar-refractivity contribution in [2.45, 2.75) is 31.7 Å². The van der Waals surface area contributed by atoms with Crippen molar-refractivity contribution < 1.29 is 0 Å². The van der Waals surface area contributed by atoms with Crippen LogP contribution in [0.2, 0.25) is 0 Å². The minimum atomic E-state index is 0.400. The van der Waals surface area contributed by atoms with Crippen LogP contribution in [0, 0.1) is 5.92 Å². The van der Waals surface area contributed by atoms with Gasteiger partial charge in [-0.25, -0.2) is 4.68 Å². The fourth-order valence-corrected chi connectivity index (χ4v) is 1.40. The Bertz CT molecular complexity index is 256. The molecule has 1 saturated carbocycles. The monoisotopic (exact) mass is 186 g/mol. The van der Waals surface area contributed by atoms with Crippen molar-refractivity contribution in [3.8, 4) is 0 Å². The number of rotatable bonds is 4. The van der Waals surface area contributed by atoms with E-state index in [4.69, 9.17) is 11.6 Å². The van der Waals surface area contributed by atoms with Gasteiger partial charge in [0.2, 0.25) is 0 Å². The van der Waals surface area contributed by atoms with Crippen LogP contribution in [0.25, 0.3) is 0 Å². The van der Waals surface area contributed by atoms with Crippen molar-refractivity contribution in [2.75, 3.05) is 0 Å². The number of nitrogens with zero attached hydrogens (tertiary/aromatic N) is 4. The van der Waals surface area contributed by atoms with Gasteiger partial charge in [0, 0.05) is 6.54 Å². The number of aromatic nitrogens is 4. The zero-order valence-corrected chi connectivity index (χ0v) is 7.54. The molecule has 0 saturated heterocycles. The van der Waals surface area contributed by atoms with Gasteiger partial charge in [-0.15, -0.1) is 16.7 Å². The lowest BCUT2D eigenvalue weighted by Gasteiger charge is -1.99. The summed E-state index contributed by atoms with van der Waals surface area (Å²) in [5.74, 6) is 2.09. The van der Waals surface area contributed by atoms with Crippen LogP contribution in [0.1, 0.15) is 25.1 Å². The van der Waals surface area contributed by atoms with Crippen LogP contribution in [-0.4, -0.2) is 20.2 Å². The van der Waals surface area contributed by atoms with Crippen LogP contribution in [-0.2, 0) is 12.4 Å². The summed E-state index contributed by atoms with van der Waals surface area (Å²) in [5, 5.41) is 11.2. The van der Waals surface area contributed by atoms with E-state index in [9.17, 15) is 0 Å². The zero-order chi connectivity index (χ0) is 8.39. The van der Waals surface area contributed by atoms with Crippen LogP contribution in [0.5, 0.6) is 0 Å². The van der Waals surface area contributed by atoms with E-state index in [-0.39, 0.29) is 0 Å². The summed E-state index contributed by atoms with van der Waals surface area (Å²) in [6, 6.07) is 0. The van der Waals surface area contributed by atoms with Gasteiger partial charge >= 0.3 is 0 Å². The summed E-state index contributed by atoms with van der Waals surface area (Å²) < 4.78 is 1.80. The van der Waals surface area contributed by atoms with Gasteiger partial charge in [-0.05, 0) is 22.8 Å². The lowest BCUT2D eigenvalue weighted by atomic mass is 10.3. The van der Waals surface area contributed by atoms with E-state index in [2.05, 4.69) is 15.5 Å². The van der Waals surface area contributed by atoms with E-state index in [0.717, 1.165) is 18.3 Å². The van der Waals surface area contributed by atoms with Gasteiger partial charge in [0.25, 0.3) is 0 Å². The Labute approximate surface area is 75.9 Å². The Morgan fingerprint density at radius 3 is 3.00 bits per heavy atom. The number of alkyl halides is 1. The van der Waals surface area contributed by atoms with Crippen LogP contribution in [0.3, 0.4) is 0 Å². The smallest absolute Gasteiger partial charge is 0.165 e. The Morgan fingerprint density at radius 2 is 2.33 bits per heavy atom. The summed E-state index contributed by atoms with van der Waals surface area (Å²) in [5.41, 5.74) is 0. The molecule has 0 N–H and O–H groups in total. The molecule has 1 aliphatic carbocycles. The quantitative estimate of drug-likeness (QED) is 0.664. The molecule has 1 heterocycles. The minimum Gasteiger partial charge on any atom is -0.228 e. The maximum Gasteiger partial charge on any atom is 0.165 e. The fourth-order valence-electron chi connectivity index (χ4n) is 1.20. The highest BCUT2D eigenvalue weighted by Gasteiger charge is 2.21. The number of hydrogen-bond acceptors (Lipinski definition) is 3. The SMILES string of the molecule is ClCc1nnnn1CCC1CC1. The standard InChI is InChI=1S/C7H11ClN4/c8-5-7-9-10-11-12(7)4-3-6-1-2-6/h6H,1-5H2. The summed E-state index contributed by atoms with van der Waals surface area (Å²) in [7, 11) is 0. The molecule has 0 spiro atoms. The molecule has 0 atom stereocenters. The van der Waals surface area contributed by atoms with E-state index >= 15 is 0 Å². The minimum absolute atomic E-state index is 0.400. The van der Waals surface area contributed by atoms with Crippen LogP contribution in [0.15, 0.2) is 0 Å². The molecular formula is C7H11ClN4. The summed E-state index contributed by atoms with van der Waals surface area (Å²) in [6.07, 6.45) is 3.94. The fraction of sp³-hybridized carbons (Fsp3) is 0.857. The van der Waals surface area contributed by atoms with E-state index in [0.29, 0.717) is 5.88 Å². The van der Waals surface area contributed by atoms with Crippen molar-refractivity contribution in [2.24, 2.45) is 5.92 Å². The largest absolute Gasteiger partial charge is 0.228 e. The van der Waals surface area contributed by atoms with Crippen LogP contribution in [0.4, 0.5) is 0 Å². The second-order valence-corrected chi connectivity index (χ2v) is 3.45. The molecular weight excluding hydrogens is 176 g/mol. The molecule has 0 aliphatic heterocycles. The molecule has 0 amide bonds. The second-order valence-electron chi connectivity index (χ2n) is 3.18. The molecule has 1 fully saturated rings. The lowest BCUT2D eigenvalue weighted by Crippen LogP contribution is -2.05. The Morgan fingerprint density at radius 1 is 1.50 bits per heavy atom. The Balaban J connectivity index is 1.91. The number of hydrogen-bond donors (Lipinski definition) is 0. The highest BCUT2D eigenvalue weighted by atomic mass is 35.5. The third kappa shape index (κ3) is 1.75. The molecule has 0 unspecified atom stereocenters. The summed E-state index contributed by atoms with van der Waals surface area (Å²) in [6.45, 7) is 0.916. The molecule has 4 nitrogen and oxygen atoms in total. The molecule has 1 aromatic rings. The van der Waals surface area contributed by atoms with Gasteiger partial charge in [-0.1, -0.05) is 12.8 Å². The van der Waals surface area contributed by atoms with E-state index in [1.54, 1.807) is 4.68 Å². The average Bonchev–Trinajstić information content (AvgIpc) is 2.81. The highest BCUT2D eigenvalue weighted by Crippen LogP contribution is 2.32. The molecule has 0 radical (unpaired) electrons. The first-order valence-corrected chi connectivity index (χ1v) is 4.74. The number of halogens is 1. The summed E-state index contributed by atoms with van der Waals surface area (Å²) in [4.78, 5) is 0. The van der Waals surface area contributed by atoms with Gasteiger partial charge in [-0.3, -0.25) is 0 Å². The number of aryl methyl sites for hydroxylation is 1. The lowest BCUT2D eigenvalue weighted by molar-refractivity contribution is 0.519. The first-order chi connectivity index (χ1) is 5.90. The topological polar surface area (TPSA) is 43.6 Å². The maximum atomic E-state index is 5.64. The van der Waals surface area contributed by atoms with Gasteiger partial charge in [0.15, 0.2) is 5.82 Å². The average molecular weight is 187 g/mol. The highest BCUT2D eigenvalue weighted by molar-refractivity contribution is 6.16. The molecule has 0 bridgehead atoms. The molecule has 12 heavy (non-hydrogen) atoms. The predicted molar refractivity (Wildman–Crippen MR) is 44.7 cm³/mol. The predicted octanol–water partition coefficient (Wildman–Crippen LogP) is 1.21. The van der Waals surface area contributed by atoms with Crippen LogP contribution >= 0.6 is 11.6 Å². The van der Waals surface area contributed by atoms with E-state index in [1.807, 2.05) is 0 Å². The van der Waals surface area contributed by atoms with Gasteiger partial charge < -0.3 is 0 Å². The van der Waals surface area contributed by atoms with Gasteiger partial charge in [-0.2, -0.15) is 0 Å². The Hall–Kier alpha value is -0.640. The zero-order valence-electron chi connectivity index (χ0n) is 6.78. The van der Waals surface area contributed by atoms with Gasteiger partial charge in [0.1, 0.15) is 0 Å². The number of tetrazole rings is 1. The molecule has 1 aromatic heterocycles. The molecule has 0 aromatic carbocycles. The molecule has 2 rings (SSSR count). The van der Waals surface area contributed by atoms with E-state index < -0.39 is 0 Å². The molecule has 1 aliphatic rings. The van der Waals surface area contributed by atoms with Crippen molar-refractivity contribution >= 4 is 11.6 Å². The second kappa shape index (κ2) is 3.39. The van der Waals surface area contributed by atoms with E-state index in [1.165, 1.54) is 19.3 Å². The van der Waals surface area contributed by atoms with Crippen molar-refractivity contribution in [1.82, 2.24) is 20.2 Å². The third-order valence-corrected chi connectivity index (χ3v) is 2.41. The third-order valence-electron chi connectivity index (χ3n) is 2.17.